The van der Waals surface area contributed by atoms with Crippen molar-refractivity contribution in [2.45, 2.75) is 62.2 Å². The number of rotatable bonds is 7. The minimum atomic E-state index is -4.56. The van der Waals surface area contributed by atoms with Crippen molar-refractivity contribution in [2.75, 3.05) is 24.1 Å². The van der Waals surface area contributed by atoms with Crippen LogP contribution in [0.25, 0.3) is 0 Å². The lowest BCUT2D eigenvalue weighted by Crippen LogP contribution is -2.45. The molecule has 1 aromatic heterocycles. The van der Waals surface area contributed by atoms with Crippen molar-refractivity contribution in [2.24, 2.45) is 11.8 Å². The SMILES string of the molecule is O=S(=O)(c1ccc(OCC2CCOCC2)c(CO)c1)N1c2ncc(C(F)(F)F)cc2CCC1C1CC1. The molecule has 1 saturated heterocycles. The molecular formula is C25H29F3N2O5S. The Balaban J connectivity index is 1.46. The number of halogens is 3. The molecular weight excluding hydrogens is 497 g/mol. The highest BCUT2D eigenvalue weighted by Crippen LogP contribution is 2.45. The maximum absolute atomic E-state index is 13.9. The van der Waals surface area contributed by atoms with Gasteiger partial charge in [-0.15, -0.1) is 0 Å². The largest absolute Gasteiger partial charge is 0.493 e. The molecule has 0 spiro atoms. The van der Waals surface area contributed by atoms with Crippen LogP contribution in [0.15, 0.2) is 35.4 Å². The summed E-state index contributed by atoms with van der Waals surface area (Å²) in [6.45, 7) is 1.38. The van der Waals surface area contributed by atoms with E-state index in [1.165, 1.54) is 22.5 Å². The van der Waals surface area contributed by atoms with Crippen LogP contribution in [-0.4, -0.2) is 44.4 Å². The number of aromatic nitrogens is 1. The summed E-state index contributed by atoms with van der Waals surface area (Å²) in [6, 6.07) is 4.98. The lowest BCUT2D eigenvalue weighted by molar-refractivity contribution is -0.137. The highest BCUT2D eigenvalue weighted by Gasteiger charge is 2.45. The number of hydrogen-bond acceptors (Lipinski definition) is 6. The number of aryl methyl sites for hydroxylation is 1. The molecule has 11 heteroatoms. The fourth-order valence-corrected chi connectivity index (χ4v) is 6.82. The summed E-state index contributed by atoms with van der Waals surface area (Å²) in [4.78, 5) is 3.95. The lowest BCUT2D eigenvalue weighted by atomic mass is 9.97. The number of sulfonamides is 1. The number of anilines is 1. The fourth-order valence-electron chi connectivity index (χ4n) is 5.03. The van der Waals surface area contributed by atoms with E-state index < -0.39 is 28.4 Å². The monoisotopic (exact) mass is 526 g/mol. The first-order valence-corrected chi connectivity index (χ1v) is 13.7. The molecule has 0 bridgehead atoms. The molecule has 36 heavy (non-hydrogen) atoms. The fraction of sp³-hybridized carbons (Fsp3) is 0.560. The lowest BCUT2D eigenvalue weighted by Gasteiger charge is -2.37. The minimum Gasteiger partial charge on any atom is -0.493 e. The Labute approximate surface area is 208 Å². The Kier molecular flexibility index (Phi) is 6.90. The van der Waals surface area contributed by atoms with Gasteiger partial charge in [0.15, 0.2) is 0 Å². The van der Waals surface area contributed by atoms with E-state index in [9.17, 15) is 26.7 Å². The average Bonchev–Trinajstić information content (AvgIpc) is 3.72. The van der Waals surface area contributed by atoms with E-state index in [-0.39, 0.29) is 28.2 Å². The Hall–Kier alpha value is -2.37. The minimum absolute atomic E-state index is 0.0508. The third-order valence-electron chi connectivity index (χ3n) is 7.23. The van der Waals surface area contributed by atoms with Crippen LogP contribution >= 0.6 is 0 Å². The normalized spacial score (nSPS) is 21.3. The summed E-state index contributed by atoms with van der Waals surface area (Å²) in [5.41, 5.74) is -0.287. The van der Waals surface area contributed by atoms with Gasteiger partial charge in [-0.25, -0.2) is 17.7 Å². The maximum Gasteiger partial charge on any atom is 0.417 e. The van der Waals surface area contributed by atoms with Crippen molar-refractivity contribution >= 4 is 15.8 Å². The molecule has 1 aliphatic carbocycles. The summed E-state index contributed by atoms with van der Waals surface area (Å²) in [7, 11) is -4.16. The molecule has 2 aromatic rings. The van der Waals surface area contributed by atoms with Crippen LogP contribution in [0.5, 0.6) is 5.75 Å². The van der Waals surface area contributed by atoms with Crippen molar-refractivity contribution in [3.63, 3.8) is 0 Å². The van der Waals surface area contributed by atoms with Crippen molar-refractivity contribution in [3.8, 4) is 5.75 Å². The quantitative estimate of drug-likeness (QED) is 0.578. The number of hydrogen-bond donors (Lipinski definition) is 1. The van der Waals surface area contributed by atoms with Gasteiger partial charge in [-0.2, -0.15) is 13.2 Å². The first kappa shape index (κ1) is 25.3. The molecule has 5 rings (SSSR count). The zero-order valence-corrected chi connectivity index (χ0v) is 20.5. The van der Waals surface area contributed by atoms with E-state index in [2.05, 4.69) is 4.98 Å². The first-order chi connectivity index (χ1) is 17.2. The molecule has 1 atom stereocenters. The zero-order chi connectivity index (χ0) is 25.5. The van der Waals surface area contributed by atoms with E-state index in [1.807, 2.05) is 0 Å². The topological polar surface area (TPSA) is 89.0 Å². The summed E-state index contributed by atoms with van der Waals surface area (Å²) >= 11 is 0. The Morgan fingerprint density at radius 3 is 2.53 bits per heavy atom. The van der Waals surface area contributed by atoms with Gasteiger partial charge < -0.3 is 14.6 Å². The molecule has 0 amide bonds. The van der Waals surface area contributed by atoms with Gasteiger partial charge in [0.1, 0.15) is 11.6 Å². The number of aliphatic hydroxyl groups is 1. The average molecular weight is 527 g/mol. The van der Waals surface area contributed by atoms with Crippen LogP contribution in [0.4, 0.5) is 19.0 Å². The Morgan fingerprint density at radius 1 is 1.11 bits per heavy atom. The van der Waals surface area contributed by atoms with Crippen LogP contribution in [-0.2, 0) is 34.0 Å². The Bertz CT molecular complexity index is 1210. The molecule has 1 N–H and O–H groups in total. The predicted molar refractivity (Wildman–Crippen MR) is 125 cm³/mol. The summed E-state index contributed by atoms with van der Waals surface area (Å²) in [5.74, 6) is 0.937. The van der Waals surface area contributed by atoms with E-state index in [4.69, 9.17) is 9.47 Å². The van der Waals surface area contributed by atoms with E-state index in [0.29, 0.717) is 56.1 Å². The number of fused-ring (bicyclic) bond motifs is 1. The number of nitrogens with zero attached hydrogens (tertiary/aromatic N) is 2. The van der Waals surface area contributed by atoms with E-state index in [0.717, 1.165) is 31.7 Å². The molecule has 3 heterocycles. The van der Waals surface area contributed by atoms with Crippen molar-refractivity contribution < 1.29 is 36.2 Å². The van der Waals surface area contributed by atoms with Gasteiger partial charge >= 0.3 is 6.18 Å². The summed E-state index contributed by atoms with van der Waals surface area (Å²) in [5, 5.41) is 9.94. The van der Waals surface area contributed by atoms with Crippen molar-refractivity contribution in [3.05, 3.63) is 47.2 Å². The number of alkyl halides is 3. The smallest absolute Gasteiger partial charge is 0.417 e. The number of aliphatic hydroxyl groups excluding tert-OH is 1. The van der Waals surface area contributed by atoms with Gasteiger partial charge in [-0.3, -0.25) is 0 Å². The molecule has 0 radical (unpaired) electrons. The van der Waals surface area contributed by atoms with Crippen LogP contribution < -0.4 is 9.04 Å². The van der Waals surface area contributed by atoms with Crippen molar-refractivity contribution in [1.29, 1.82) is 0 Å². The highest BCUT2D eigenvalue weighted by molar-refractivity contribution is 7.92. The molecule has 3 aliphatic rings. The van der Waals surface area contributed by atoms with Crippen molar-refractivity contribution in [1.82, 2.24) is 4.98 Å². The van der Waals surface area contributed by atoms with Gasteiger partial charge in [0.2, 0.25) is 0 Å². The second kappa shape index (κ2) is 9.83. The third kappa shape index (κ3) is 5.05. The van der Waals surface area contributed by atoms with Crippen LogP contribution in [0.3, 0.4) is 0 Å². The van der Waals surface area contributed by atoms with Gasteiger partial charge in [-0.1, -0.05) is 0 Å². The zero-order valence-electron chi connectivity index (χ0n) is 19.7. The molecule has 2 fully saturated rings. The van der Waals surface area contributed by atoms with Crippen LogP contribution in [0, 0.1) is 11.8 Å². The Morgan fingerprint density at radius 2 is 1.86 bits per heavy atom. The first-order valence-electron chi connectivity index (χ1n) is 12.2. The molecule has 7 nitrogen and oxygen atoms in total. The number of ether oxygens (including phenoxy) is 2. The predicted octanol–water partition coefficient (Wildman–Crippen LogP) is 4.32. The maximum atomic E-state index is 13.9. The molecule has 1 unspecified atom stereocenters. The van der Waals surface area contributed by atoms with E-state index >= 15 is 0 Å². The number of pyridine rings is 1. The van der Waals surface area contributed by atoms with Crippen LogP contribution in [0.2, 0.25) is 0 Å². The summed E-state index contributed by atoms with van der Waals surface area (Å²) < 4.78 is 80.0. The van der Waals surface area contributed by atoms with Gasteiger partial charge in [0.05, 0.1) is 29.7 Å². The van der Waals surface area contributed by atoms with Gasteiger partial charge in [0.25, 0.3) is 10.0 Å². The molecule has 196 valence electrons. The molecule has 1 aromatic carbocycles. The standard InChI is InChI=1S/C25H29F3N2O5S/c26-25(27,28)20-11-18-3-5-22(17-1-2-17)30(24(18)29-13-20)36(32,33)21-4-6-23(19(12-21)14-31)35-15-16-7-9-34-10-8-16/h4,6,11-13,16-17,22,31H,1-3,5,7-10,14-15H2. The van der Waals surface area contributed by atoms with Gasteiger partial charge in [-0.05, 0) is 80.2 Å². The van der Waals surface area contributed by atoms with Crippen LogP contribution in [0.1, 0.15) is 48.8 Å². The second-order valence-corrected chi connectivity index (χ2v) is 11.6. The molecule has 2 aliphatic heterocycles. The number of benzene rings is 1. The second-order valence-electron chi connectivity index (χ2n) is 9.74. The highest BCUT2D eigenvalue weighted by atomic mass is 32.2. The third-order valence-corrected chi connectivity index (χ3v) is 9.04. The summed E-state index contributed by atoms with van der Waals surface area (Å²) in [6.07, 6.45) is 0.390. The van der Waals surface area contributed by atoms with Gasteiger partial charge in [0, 0.05) is 25.0 Å². The van der Waals surface area contributed by atoms with E-state index in [1.54, 1.807) is 0 Å². The molecule has 1 saturated carbocycles.